The molecule has 1 aliphatic heterocycles. The van der Waals surface area contributed by atoms with E-state index in [4.69, 9.17) is 16.3 Å². The molecule has 1 unspecified atom stereocenters. The molecule has 1 aliphatic rings. The van der Waals surface area contributed by atoms with Gasteiger partial charge in [-0.3, -0.25) is 4.79 Å². The van der Waals surface area contributed by atoms with Crippen molar-refractivity contribution in [2.75, 3.05) is 23.4 Å². The number of carbonyl (C=O) groups is 2. The van der Waals surface area contributed by atoms with E-state index in [1.54, 1.807) is 47.7 Å². The number of nitrogens with zero attached hydrogens (tertiary/aromatic N) is 4. The number of benzene rings is 2. The van der Waals surface area contributed by atoms with E-state index in [9.17, 15) is 9.59 Å². The van der Waals surface area contributed by atoms with Gasteiger partial charge in [-0.1, -0.05) is 48.0 Å². The van der Waals surface area contributed by atoms with Crippen LogP contribution < -0.4 is 10.2 Å². The van der Waals surface area contributed by atoms with Crippen molar-refractivity contribution in [2.24, 2.45) is 0 Å². The molecule has 1 aromatic heterocycles. The summed E-state index contributed by atoms with van der Waals surface area (Å²) in [7, 11) is 0. The molecule has 1 atom stereocenters. The largest absolute Gasteiger partial charge is 0.463 e. The Morgan fingerprint density at radius 1 is 1.16 bits per heavy atom. The molecule has 9 heteroatoms. The fraction of sp³-hybridized carbons (Fsp3) is 0.217. The van der Waals surface area contributed by atoms with Crippen molar-refractivity contribution >= 4 is 35.1 Å². The molecule has 0 saturated carbocycles. The molecule has 0 fully saturated rings. The SMILES string of the molecule is CCOC(=O)C1=C(C)N(CC(=O)Nc2cccc(Cl)c2)c2ncnn2C1c1ccccc1. The molecule has 0 aliphatic carbocycles. The fourth-order valence-corrected chi connectivity index (χ4v) is 3.94. The second kappa shape index (κ2) is 9.23. The Kier molecular flexibility index (Phi) is 6.23. The smallest absolute Gasteiger partial charge is 0.338 e. The van der Waals surface area contributed by atoms with Gasteiger partial charge in [0.05, 0.1) is 12.2 Å². The number of nitrogens with one attached hydrogen (secondary N) is 1. The molecule has 0 bridgehead atoms. The fourth-order valence-electron chi connectivity index (χ4n) is 3.75. The average molecular weight is 452 g/mol. The number of anilines is 2. The Balaban J connectivity index is 1.72. The number of allylic oxidation sites excluding steroid dienone is 1. The van der Waals surface area contributed by atoms with Gasteiger partial charge >= 0.3 is 5.97 Å². The molecule has 3 aromatic rings. The molecule has 2 aromatic carbocycles. The van der Waals surface area contributed by atoms with E-state index in [-0.39, 0.29) is 19.1 Å². The molecule has 0 radical (unpaired) electrons. The summed E-state index contributed by atoms with van der Waals surface area (Å²) in [6.45, 7) is 3.70. The van der Waals surface area contributed by atoms with Gasteiger partial charge in [0.2, 0.25) is 11.9 Å². The zero-order valence-corrected chi connectivity index (χ0v) is 18.4. The first-order valence-corrected chi connectivity index (χ1v) is 10.5. The number of fused-ring (bicyclic) bond motifs is 1. The summed E-state index contributed by atoms with van der Waals surface area (Å²) < 4.78 is 7.00. The molecule has 2 heterocycles. The van der Waals surface area contributed by atoms with Crippen molar-refractivity contribution in [3.05, 3.63) is 82.8 Å². The summed E-state index contributed by atoms with van der Waals surface area (Å²) in [5.41, 5.74) is 2.44. The van der Waals surface area contributed by atoms with Crippen LogP contribution in [0.15, 0.2) is 72.2 Å². The third kappa shape index (κ3) is 4.22. The number of carbonyl (C=O) groups excluding carboxylic acids is 2. The summed E-state index contributed by atoms with van der Waals surface area (Å²) in [6.07, 6.45) is 1.41. The zero-order chi connectivity index (χ0) is 22.7. The molecule has 8 nitrogen and oxygen atoms in total. The molecule has 0 saturated heterocycles. The number of halogens is 1. The lowest BCUT2D eigenvalue weighted by Gasteiger charge is -2.35. The van der Waals surface area contributed by atoms with E-state index >= 15 is 0 Å². The lowest BCUT2D eigenvalue weighted by atomic mass is 9.95. The van der Waals surface area contributed by atoms with E-state index in [2.05, 4.69) is 15.4 Å². The van der Waals surface area contributed by atoms with Crippen LogP contribution in [0.25, 0.3) is 0 Å². The van der Waals surface area contributed by atoms with Crippen molar-refractivity contribution in [3.63, 3.8) is 0 Å². The zero-order valence-electron chi connectivity index (χ0n) is 17.7. The predicted molar refractivity (Wildman–Crippen MR) is 121 cm³/mol. The maximum absolute atomic E-state index is 13.0. The molecule has 4 rings (SSSR count). The molecule has 0 spiro atoms. The minimum Gasteiger partial charge on any atom is -0.463 e. The van der Waals surface area contributed by atoms with Gasteiger partial charge in [-0.2, -0.15) is 10.1 Å². The first-order chi connectivity index (χ1) is 15.5. The number of hydrogen-bond donors (Lipinski definition) is 1. The van der Waals surface area contributed by atoms with Crippen molar-refractivity contribution in [1.82, 2.24) is 14.8 Å². The molecular weight excluding hydrogens is 430 g/mol. The van der Waals surface area contributed by atoms with Crippen LogP contribution in [0.2, 0.25) is 5.02 Å². The standard InChI is InChI=1S/C23H22ClN5O3/c1-3-32-22(31)20-15(2)28(13-19(30)27-18-11-7-10-17(24)12-18)23-25-14-26-29(23)21(20)16-8-5-4-6-9-16/h4-12,14,21H,3,13H2,1-2H3,(H,27,30). The second-order valence-electron chi connectivity index (χ2n) is 7.18. The Morgan fingerprint density at radius 2 is 1.94 bits per heavy atom. The van der Waals surface area contributed by atoms with Crippen LogP contribution in [0.5, 0.6) is 0 Å². The molecular formula is C23H22ClN5O3. The molecule has 1 amide bonds. The lowest BCUT2D eigenvalue weighted by Crippen LogP contribution is -2.40. The van der Waals surface area contributed by atoms with Crippen molar-refractivity contribution < 1.29 is 14.3 Å². The first-order valence-electron chi connectivity index (χ1n) is 10.1. The normalized spacial score (nSPS) is 15.3. The quantitative estimate of drug-likeness (QED) is 0.573. The summed E-state index contributed by atoms with van der Waals surface area (Å²) in [5, 5.41) is 7.71. The highest BCUT2D eigenvalue weighted by molar-refractivity contribution is 6.30. The van der Waals surface area contributed by atoms with Crippen molar-refractivity contribution in [1.29, 1.82) is 0 Å². The van der Waals surface area contributed by atoms with E-state index in [0.29, 0.717) is 27.9 Å². The number of aromatic nitrogens is 3. The minimum atomic E-state index is -0.514. The highest BCUT2D eigenvalue weighted by Crippen LogP contribution is 2.38. The Morgan fingerprint density at radius 3 is 2.66 bits per heavy atom. The third-order valence-corrected chi connectivity index (χ3v) is 5.36. The van der Waals surface area contributed by atoms with Gasteiger partial charge in [0.1, 0.15) is 18.9 Å². The summed E-state index contributed by atoms with van der Waals surface area (Å²) in [4.78, 5) is 31.9. The van der Waals surface area contributed by atoms with Crippen molar-refractivity contribution in [3.8, 4) is 0 Å². The van der Waals surface area contributed by atoms with Crippen LogP contribution in [0.1, 0.15) is 25.5 Å². The van der Waals surface area contributed by atoms with Gasteiger partial charge in [0.15, 0.2) is 0 Å². The number of esters is 1. The van der Waals surface area contributed by atoms with Crippen LogP contribution in [-0.2, 0) is 14.3 Å². The Bertz CT molecular complexity index is 1180. The van der Waals surface area contributed by atoms with Gasteiger partial charge in [-0.15, -0.1) is 0 Å². The van der Waals surface area contributed by atoms with Crippen LogP contribution in [0.3, 0.4) is 0 Å². The van der Waals surface area contributed by atoms with E-state index in [1.807, 2.05) is 30.3 Å². The monoisotopic (exact) mass is 451 g/mol. The maximum atomic E-state index is 13.0. The number of hydrogen-bond acceptors (Lipinski definition) is 6. The summed E-state index contributed by atoms with van der Waals surface area (Å²) in [6, 6.07) is 15.9. The summed E-state index contributed by atoms with van der Waals surface area (Å²) in [5.74, 6) is -0.284. The van der Waals surface area contributed by atoms with Crippen LogP contribution >= 0.6 is 11.6 Å². The molecule has 32 heavy (non-hydrogen) atoms. The number of rotatable bonds is 6. The number of ether oxygens (including phenoxy) is 1. The highest BCUT2D eigenvalue weighted by Gasteiger charge is 2.38. The predicted octanol–water partition coefficient (Wildman–Crippen LogP) is 3.82. The topological polar surface area (TPSA) is 89.3 Å². The van der Waals surface area contributed by atoms with Gasteiger partial charge in [-0.25, -0.2) is 9.48 Å². The second-order valence-corrected chi connectivity index (χ2v) is 7.62. The van der Waals surface area contributed by atoms with E-state index < -0.39 is 12.0 Å². The number of amides is 1. The van der Waals surface area contributed by atoms with E-state index in [1.165, 1.54) is 6.33 Å². The van der Waals surface area contributed by atoms with Gasteiger partial charge < -0.3 is 15.0 Å². The lowest BCUT2D eigenvalue weighted by molar-refractivity contribution is -0.139. The molecule has 1 N–H and O–H groups in total. The van der Waals surface area contributed by atoms with Crippen LogP contribution in [0, 0.1) is 0 Å². The average Bonchev–Trinajstić information content (AvgIpc) is 3.25. The maximum Gasteiger partial charge on any atom is 0.338 e. The van der Waals surface area contributed by atoms with Crippen LogP contribution in [0.4, 0.5) is 11.6 Å². The summed E-state index contributed by atoms with van der Waals surface area (Å²) >= 11 is 6.01. The van der Waals surface area contributed by atoms with Gasteiger partial charge in [0.25, 0.3) is 0 Å². The Hall–Kier alpha value is -3.65. The minimum absolute atomic E-state index is 0.0680. The van der Waals surface area contributed by atoms with Gasteiger partial charge in [0, 0.05) is 16.4 Å². The molecule has 164 valence electrons. The highest BCUT2D eigenvalue weighted by atomic mass is 35.5. The third-order valence-electron chi connectivity index (χ3n) is 5.13. The van der Waals surface area contributed by atoms with Gasteiger partial charge in [-0.05, 0) is 37.6 Å². The van der Waals surface area contributed by atoms with E-state index in [0.717, 1.165) is 5.56 Å². The van der Waals surface area contributed by atoms with Crippen molar-refractivity contribution in [2.45, 2.75) is 19.9 Å². The first kappa shape index (κ1) is 21.6. The Labute approximate surface area is 190 Å². The van der Waals surface area contributed by atoms with Crippen LogP contribution in [-0.4, -0.2) is 39.8 Å².